The van der Waals surface area contributed by atoms with Crippen molar-refractivity contribution in [1.29, 1.82) is 0 Å². The smallest absolute Gasteiger partial charge is 0.318 e. The average molecular weight is 372 g/mol. The van der Waals surface area contributed by atoms with Crippen LogP contribution in [0.4, 0.5) is 0 Å². The van der Waals surface area contributed by atoms with Gasteiger partial charge in [-0.25, -0.2) is 0 Å². The van der Waals surface area contributed by atoms with Gasteiger partial charge in [-0.1, -0.05) is 66.2 Å². The van der Waals surface area contributed by atoms with Crippen LogP contribution in [0.2, 0.25) is 0 Å². The van der Waals surface area contributed by atoms with Crippen LogP contribution in [0.25, 0.3) is 0 Å². The molecular formula is C24H20O4. The number of hydrogen-bond donors (Lipinski definition) is 0. The third-order valence-electron chi connectivity index (χ3n) is 4.91. The number of hydrogen-bond acceptors (Lipinski definition) is 4. The van der Waals surface area contributed by atoms with E-state index in [0.29, 0.717) is 17.1 Å². The number of carbonyl (C=O) groups excluding carboxylic acids is 2. The van der Waals surface area contributed by atoms with Crippen molar-refractivity contribution in [2.45, 2.75) is 25.9 Å². The van der Waals surface area contributed by atoms with E-state index in [9.17, 15) is 9.59 Å². The van der Waals surface area contributed by atoms with Crippen LogP contribution >= 0.6 is 0 Å². The highest BCUT2D eigenvalue weighted by molar-refractivity contribution is 6.00. The van der Waals surface area contributed by atoms with Crippen molar-refractivity contribution in [2.75, 3.05) is 0 Å². The van der Waals surface area contributed by atoms with E-state index in [-0.39, 0.29) is 5.78 Å². The van der Waals surface area contributed by atoms with Crippen molar-refractivity contribution in [3.63, 3.8) is 0 Å². The molecule has 3 aromatic rings. The molecule has 0 aliphatic carbocycles. The van der Waals surface area contributed by atoms with E-state index < -0.39 is 18.0 Å². The SMILES string of the molecule is Cc1ccc(C(=O)[C@@H](C)OC(=O)C2c3ccccc3Oc3ccccc32)cc1. The van der Waals surface area contributed by atoms with E-state index in [1.807, 2.05) is 67.6 Å². The summed E-state index contributed by atoms with van der Waals surface area (Å²) >= 11 is 0. The van der Waals surface area contributed by atoms with Gasteiger partial charge in [-0.3, -0.25) is 9.59 Å². The quantitative estimate of drug-likeness (QED) is 0.475. The first-order chi connectivity index (χ1) is 13.5. The summed E-state index contributed by atoms with van der Waals surface area (Å²) in [6.07, 6.45) is -0.877. The molecule has 1 atom stereocenters. The highest BCUT2D eigenvalue weighted by Crippen LogP contribution is 2.44. The van der Waals surface area contributed by atoms with Crippen LogP contribution in [-0.2, 0) is 9.53 Å². The second-order valence-electron chi connectivity index (χ2n) is 6.92. The van der Waals surface area contributed by atoms with Gasteiger partial charge in [0.1, 0.15) is 17.4 Å². The van der Waals surface area contributed by atoms with Gasteiger partial charge in [0.2, 0.25) is 5.78 Å². The van der Waals surface area contributed by atoms with Crippen LogP contribution < -0.4 is 4.74 Å². The standard InChI is InChI=1S/C24H20O4/c1-15-11-13-17(14-12-15)23(25)16(2)27-24(26)22-18-7-3-5-9-20(18)28-21-10-6-4-8-19(21)22/h3-14,16,22H,1-2H3/t16-/m1/s1. The molecule has 1 aliphatic heterocycles. The molecule has 4 rings (SSSR count). The summed E-state index contributed by atoms with van der Waals surface area (Å²) in [4.78, 5) is 25.8. The highest BCUT2D eigenvalue weighted by atomic mass is 16.5. The largest absolute Gasteiger partial charge is 0.457 e. The van der Waals surface area contributed by atoms with E-state index in [1.54, 1.807) is 19.1 Å². The van der Waals surface area contributed by atoms with Crippen molar-refractivity contribution < 1.29 is 19.1 Å². The molecule has 1 heterocycles. The normalized spacial score (nSPS) is 13.6. The van der Waals surface area contributed by atoms with Crippen molar-refractivity contribution in [2.24, 2.45) is 0 Å². The zero-order chi connectivity index (χ0) is 19.7. The molecule has 0 spiro atoms. The molecule has 0 fully saturated rings. The first kappa shape index (κ1) is 18.0. The van der Waals surface area contributed by atoms with Crippen molar-refractivity contribution in [3.8, 4) is 11.5 Å². The van der Waals surface area contributed by atoms with Gasteiger partial charge >= 0.3 is 5.97 Å². The summed E-state index contributed by atoms with van der Waals surface area (Å²) in [6.45, 7) is 3.56. The fourth-order valence-corrected chi connectivity index (χ4v) is 3.41. The molecule has 0 radical (unpaired) electrons. The van der Waals surface area contributed by atoms with Crippen LogP contribution in [0.15, 0.2) is 72.8 Å². The first-order valence-corrected chi connectivity index (χ1v) is 9.21. The van der Waals surface area contributed by atoms with Crippen LogP contribution in [0, 0.1) is 6.92 Å². The van der Waals surface area contributed by atoms with Gasteiger partial charge in [0.15, 0.2) is 6.10 Å². The fourth-order valence-electron chi connectivity index (χ4n) is 3.41. The number of ketones is 1. The highest BCUT2D eigenvalue weighted by Gasteiger charge is 2.35. The number of rotatable bonds is 4. The molecule has 28 heavy (non-hydrogen) atoms. The van der Waals surface area contributed by atoms with Crippen molar-refractivity contribution in [3.05, 3.63) is 95.1 Å². The molecule has 0 N–H and O–H groups in total. The topological polar surface area (TPSA) is 52.6 Å². The Labute approximate surface area is 163 Å². The third kappa shape index (κ3) is 3.29. The van der Waals surface area contributed by atoms with E-state index in [0.717, 1.165) is 16.7 Å². The van der Waals surface area contributed by atoms with E-state index in [4.69, 9.17) is 9.47 Å². The fraction of sp³-hybridized carbons (Fsp3) is 0.167. The molecule has 0 saturated heterocycles. The van der Waals surface area contributed by atoms with Gasteiger partial charge in [0, 0.05) is 16.7 Å². The van der Waals surface area contributed by atoms with E-state index >= 15 is 0 Å². The number of carbonyl (C=O) groups is 2. The summed E-state index contributed by atoms with van der Waals surface area (Å²) in [6, 6.07) is 22.0. The second-order valence-corrected chi connectivity index (χ2v) is 6.92. The van der Waals surface area contributed by atoms with Gasteiger partial charge in [0.25, 0.3) is 0 Å². The lowest BCUT2D eigenvalue weighted by Gasteiger charge is -2.27. The van der Waals surface area contributed by atoms with Gasteiger partial charge in [-0.15, -0.1) is 0 Å². The van der Waals surface area contributed by atoms with Crippen LogP contribution in [0.1, 0.15) is 39.9 Å². The minimum absolute atomic E-state index is 0.220. The number of esters is 1. The lowest BCUT2D eigenvalue weighted by Crippen LogP contribution is -2.29. The van der Waals surface area contributed by atoms with Crippen LogP contribution in [0.5, 0.6) is 11.5 Å². The maximum atomic E-state index is 13.1. The Balaban J connectivity index is 1.61. The maximum absolute atomic E-state index is 13.1. The molecule has 0 bridgehead atoms. The summed E-state index contributed by atoms with van der Waals surface area (Å²) < 4.78 is 11.5. The van der Waals surface area contributed by atoms with Gasteiger partial charge < -0.3 is 9.47 Å². The van der Waals surface area contributed by atoms with Crippen LogP contribution in [0.3, 0.4) is 0 Å². The lowest BCUT2D eigenvalue weighted by molar-refractivity contribution is -0.147. The molecule has 1 aliphatic rings. The molecule has 0 aromatic heterocycles. The molecule has 140 valence electrons. The third-order valence-corrected chi connectivity index (χ3v) is 4.91. The summed E-state index contributed by atoms with van der Waals surface area (Å²) in [5, 5.41) is 0. The Bertz CT molecular complexity index is 991. The van der Waals surface area contributed by atoms with Crippen LogP contribution in [-0.4, -0.2) is 17.9 Å². The maximum Gasteiger partial charge on any atom is 0.318 e. The molecule has 3 aromatic carbocycles. The average Bonchev–Trinajstić information content (AvgIpc) is 2.71. The number of fused-ring (bicyclic) bond motifs is 2. The summed E-state index contributed by atoms with van der Waals surface area (Å²) in [7, 11) is 0. The van der Waals surface area contributed by atoms with Crippen molar-refractivity contribution >= 4 is 11.8 Å². The number of Topliss-reactive ketones (excluding diaryl/α,β-unsaturated/α-hetero) is 1. The Morgan fingerprint density at radius 2 is 1.39 bits per heavy atom. The van der Waals surface area contributed by atoms with Crippen molar-refractivity contribution in [1.82, 2.24) is 0 Å². The molecule has 4 heteroatoms. The lowest BCUT2D eigenvalue weighted by atomic mass is 9.88. The number of benzene rings is 3. The number of aryl methyl sites for hydroxylation is 1. The van der Waals surface area contributed by atoms with E-state index in [2.05, 4.69) is 0 Å². The number of para-hydroxylation sites is 2. The Morgan fingerprint density at radius 1 is 0.857 bits per heavy atom. The second kappa shape index (κ2) is 7.31. The molecule has 0 amide bonds. The molecule has 0 saturated carbocycles. The molecule has 0 unspecified atom stereocenters. The Kier molecular flexibility index (Phi) is 4.70. The minimum atomic E-state index is -0.877. The predicted molar refractivity (Wildman–Crippen MR) is 106 cm³/mol. The molecular weight excluding hydrogens is 352 g/mol. The molecule has 4 nitrogen and oxygen atoms in total. The minimum Gasteiger partial charge on any atom is -0.457 e. The zero-order valence-corrected chi connectivity index (χ0v) is 15.7. The van der Waals surface area contributed by atoms with Gasteiger partial charge in [-0.2, -0.15) is 0 Å². The monoisotopic (exact) mass is 372 g/mol. The number of ether oxygens (including phenoxy) is 2. The van der Waals surface area contributed by atoms with E-state index in [1.165, 1.54) is 0 Å². The summed E-state index contributed by atoms with van der Waals surface area (Å²) in [5.41, 5.74) is 3.07. The zero-order valence-electron chi connectivity index (χ0n) is 15.7. The first-order valence-electron chi connectivity index (χ1n) is 9.21. The van der Waals surface area contributed by atoms with Gasteiger partial charge in [0.05, 0.1) is 0 Å². The van der Waals surface area contributed by atoms with Gasteiger partial charge in [-0.05, 0) is 26.0 Å². The summed E-state index contributed by atoms with van der Waals surface area (Å²) in [5.74, 6) is -0.0612. The predicted octanol–water partition coefficient (Wildman–Crippen LogP) is 5.05. The Morgan fingerprint density at radius 3 is 1.96 bits per heavy atom. The Hall–Kier alpha value is -3.40.